The molecule has 4 heteroatoms. The summed E-state index contributed by atoms with van der Waals surface area (Å²) >= 11 is 0. The standard InChI is InChI=1S/C16H19N4/c17-19-18-11-12-20(13-15-7-3-1-4-8-15)14-16-9-5-2-6-10-16/h1-10,17H,11-14H2/q+1. The summed E-state index contributed by atoms with van der Waals surface area (Å²) < 4.78 is 0. The van der Waals surface area contributed by atoms with E-state index in [1.54, 1.807) is 0 Å². The molecule has 0 spiro atoms. The number of nitrogens with zero attached hydrogens (tertiary/aromatic N) is 3. The van der Waals surface area contributed by atoms with E-state index < -0.39 is 0 Å². The summed E-state index contributed by atoms with van der Waals surface area (Å²) in [6.45, 7) is 3.11. The minimum absolute atomic E-state index is 0.559. The second kappa shape index (κ2) is 8.00. The van der Waals surface area contributed by atoms with Crippen LogP contribution in [0.1, 0.15) is 11.1 Å². The van der Waals surface area contributed by atoms with Crippen molar-refractivity contribution < 1.29 is 0 Å². The lowest BCUT2D eigenvalue weighted by molar-refractivity contribution is 0.263. The van der Waals surface area contributed by atoms with Crippen molar-refractivity contribution in [2.75, 3.05) is 13.1 Å². The summed E-state index contributed by atoms with van der Waals surface area (Å²) in [4.78, 5) is 5.39. The maximum atomic E-state index is 6.73. The Balaban J connectivity index is 2.02. The van der Waals surface area contributed by atoms with E-state index in [0.717, 1.165) is 19.6 Å². The first-order valence-electron chi connectivity index (χ1n) is 6.72. The molecule has 1 N–H and O–H groups in total. The highest BCUT2D eigenvalue weighted by Crippen LogP contribution is 2.09. The molecule has 0 unspecified atom stereocenters. The predicted molar refractivity (Wildman–Crippen MR) is 79.1 cm³/mol. The van der Waals surface area contributed by atoms with Crippen LogP contribution in [0.3, 0.4) is 0 Å². The first kappa shape index (κ1) is 14.1. The number of hydrogen-bond donors (Lipinski definition) is 1. The maximum Gasteiger partial charge on any atom is 0.214 e. The van der Waals surface area contributed by atoms with Crippen molar-refractivity contribution in [3.63, 3.8) is 0 Å². The van der Waals surface area contributed by atoms with Crippen molar-refractivity contribution in [3.05, 3.63) is 71.8 Å². The Kier molecular flexibility index (Phi) is 5.65. The molecule has 0 amide bonds. The lowest BCUT2D eigenvalue weighted by Gasteiger charge is -2.20. The highest BCUT2D eigenvalue weighted by atomic mass is 15.2. The molecule has 0 aromatic heterocycles. The molecule has 20 heavy (non-hydrogen) atoms. The molecule has 0 aliphatic rings. The van der Waals surface area contributed by atoms with Crippen LogP contribution in [0.5, 0.6) is 0 Å². The molecule has 2 aromatic carbocycles. The van der Waals surface area contributed by atoms with Crippen LogP contribution in [-0.4, -0.2) is 18.0 Å². The number of hydrogen-bond acceptors (Lipinski definition) is 3. The lowest BCUT2D eigenvalue weighted by atomic mass is 10.1. The molecule has 2 aromatic rings. The topological polar surface area (TPSA) is 53.6 Å². The van der Waals surface area contributed by atoms with E-state index in [4.69, 9.17) is 5.53 Å². The highest BCUT2D eigenvalue weighted by Gasteiger charge is 2.07. The Morgan fingerprint density at radius 1 is 0.850 bits per heavy atom. The summed E-state index contributed by atoms with van der Waals surface area (Å²) in [5.74, 6) is 0. The van der Waals surface area contributed by atoms with Gasteiger partial charge >= 0.3 is 0 Å². The van der Waals surface area contributed by atoms with Gasteiger partial charge in [0.2, 0.25) is 4.91 Å². The van der Waals surface area contributed by atoms with Crippen LogP contribution in [-0.2, 0) is 13.1 Å². The summed E-state index contributed by atoms with van der Waals surface area (Å²) in [7, 11) is 0. The van der Waals surface area contributed by atoms with E-state index in [0.29, 0.717) is 6.54 Å². The lowest BCUT2D eigenvalue weighted by Crippen LogP contribution is -2.25. The fourth-order valence-corrected chi connectivity index (χ4v) is 2.13. The van der Waals surface area contributed by atoms with Gasteiger partial charge in [-0.3, -0.25) is 4.90 Å². The van der Waals surface area contributed by atoms with Crippen LogP contribution in [0, 0.1) is 5.53 Å². The normalized spacial score (nSPS) is 10.2. The van der Waals surface area contributed by atoms with Crippen LogP contribution in [0.2, 0.25) is 0 Å². The zero-order valence-corrected chi connectivity index (χ0v) is 11.4. The van der Waals surface area contributed by atoms with Gasteiger partial charge in [0.05, 0.1) is 0 Å². The van der Waals surface area contributed by atoms with Gasteiger partial charge in [0, 0.05) is 19.6 Å². The van der Waals surface area contributed by atoms with Crippen molar-refractivity contribution in [1.82, 2.24) is 9.81 Å². The van der Waals surface area contributed by atoms with Gasteiger partial charge in [-0.1, -0.05) is 60.7 Å². The molecule has 4 nitrogen and oxygen atoms in total. The summed E-state index contributed by atoms with van der Waals surface area (Å²) in [6.07, 6.45) is 0. The van der Waals surface area contributed by atoms with Gasteiger partial charge in [-0.15, -0.1) is 0 Å². The van der Waals surface area contributed by atoms with E-state index in [2.05, 4.69) is 63.5 Å². The SMILES string of the molecule is N=[N+]=NCCN(Cc1ccccc1)Cc1ccccc1. The Hall–Kier alpha value is -2.29. The van der Waals surface area contributed by atoms with Crippen LogP contribution >= 0.6 is 0 Å². The van der Waals surface area contributed by atoms with E-state index >= 15 is 0 Å². The monoisotopic (exact) mass is 267 g/mol. The first-order chi connectivity index (χ1) is 9.88. The van der Waals surface area contributed by atoms with E-state index in [-0.39, 0.29) is 0 Å². The third-order valence-electron chi connectivity index (χ3n) is 3.08. The van der Waals surface area contributed by atoms with Gasteiger partial charge in [-0.25, -0.2) is 0 Å². The zero-order chi connectivity index (χ0) is 14.0. The summed E-state index contributed by atoms with van der Waals surface area (Å²) in [6, 6.07) is 20.8. The average Bonchev–Trinajstić information content (AvgIpc) is 2.49. The molecule has 102 valence electrons. The Bertz CT molecular complexity index is 506. The molecule has 0 radical (unpaired) electrons. The summed E-state index contributed by atoms with van der Waals surface area (Å²) in [5.41, 5.74) is 9.30. The number of benzene rings is 2. The van der Waals surface area contributed by atoms with Crippen molar-refractivity contribution >= 4 is 0 Å². The second-order valence-corrected chi connectivity index (χ2v) is 4.65. The van der Waals surface area contributed by atoms with Crippen LogP contribution in [0.25, 0.3) is 0 Å². The van der Waals surface area contributed by atoms with Gasteiger partial charge in [0.25, 0.3) is 0 Å². The molecule has 2 rings (SSSR count). The predicted octanol–water partition coefficient (Wildman–Crippen LogP) is 3.24. The first-order valence-corrected chi connectivity index (χ1v) is 6.72. The smallest absolute Gasteiger partial charge is 0.214 e. The molecule has 0 saturated carbocycles. The van der Waals surface area contributed by atoms with Crippen molar-refractivity contribution in [3.8, 4) is 0 Å². The Labute approximate surface area is 119 Å². The minimum atomic E-state index is 0.559. The highest BCUT2D eigenvalue weighted by molar-refractivity contribution is 5.17. The van der Waals surface area contributed by atoms with Crippen molar-refractivity contribution in [2.24, 2.45) is 5.11 Å². The number of rotatable bonds is 7. The molecule has 0 saturated heterocycles. The van der Waals surface area contributed by atoms with Crippen molar-refractivity contribution in [2.45, 2.75) is 13.1 Å². The Morgan fingerprint density at radius 2 is 1.35 bits per heavy atom. The maximum absolute atomic E-state index is 6.73. The summed E-state index contributed by atoms with van der Waals surface area (Å²) in [5, 5.41) is 3.74. The molecule has 0 aliphatic heterocycles. The van der Waals surface area contributed by atoms with E-state index in [1.807, 2.05) is 12.1 Å². The van der Waals surface area contributed by atoms with Crippen LogP contribution in [0.15, 0.2) is 65.8 Å². The molecule has 0 atom stereocenters. The van der Waals surface area contributed by atoms with Crippen molar-refractivity contribution in [1.29, 1.82) is 5.53 Å². The van der Waals surface area contributed by atoms with Gasteiger partial charge in [-0.05, 0) is 11.1 Å². The minimum Gasteiger partial charge on any atom is -0.293 e. The second-order valence-electron chi connectivity index (χ2n) is 4.65. The molecular weight excluding hydrogens is 248 g/mol. The molecule has 0 heterocycles. The molecule has 0 fully saturated rings. The molecular formula is C16H19N4+. The largest absolute Gasteiger partial charge is 0.293 e. The fourth-order valence-electron chi connectivity index (χ4n) is 2.13. The van der Waals surface area contributed by atoms with E-state index in [9.17, 15) is 0 Å². The average molecular weight is 267 g/mol. The zero-order valence-electron chi connectivity index (χ0n) is 11.4. The van der Waals surface area contributed by atoms with Gasteiger partial charge in [0.1, 0.15) is 17.2 Å². The third kappa shape index (κ3) is 4.76. The van der Waals surface area contributed by atoms with Gasteiger partial charge in [-0.2, -0.15) is 0 Å². The van der Waals surface area contributed by atoms with Gasteiger partial charge in [0.15, 0.2) is 0 Å². The van der Waals surface area contributed by atoms with Crippen LogP contribution < -0.4 is 4.91 Å². The van der Waals surface area contributed by atoms with Gasteiger partial charge < -0.3 is 0 Å². The Morgan fingerprint density at radius 3 is 1.80 bits per heavy atom. The molecule has 0 aliphatic carbocycles. The third-order valence-corrected chi connectivity index (χ3v) is 3.08. The fraction of sp³-hybridized carbons (Fsp3) is 0.250. The van der Waals surface area contributed by atoms with Crippen LogP contribution in [0.4, 0.5) is 0 Å². The number of nitrogens with one attached hydrogen (secondary N) is 1. The quantitative estimate of drug-likeness (QED) is 0.607. The van der Waals surface area contributed by atoms with E-state index in [1.165, 1.54) is 11.1 Å². The molecule has 0 bridgehead atoms.